The van der Waals surface area contributed by atoms with Crippen molar-refractivity contribution in [1.82, 2.24) is 10.3 Å². The highest BCUT2D eigenvalue weighted by Crippen LogP contribution is 2.16. The van der Waals surface area contributed by atoms with E-state index in [1.165, 1.54) is 43.4 Å². The van der Waals surface area contributed by atoms with Crippen molar-refractivity contribution < 1.29 is 4.79 Å². The lowest BCUT2D eigenvalue weighted by atomic mass is 10.0. The van der Waals surface area contributed by atoms with Crippen molar-refractivity contribution in [3.8, 4) is 0 Å². The Morgan fingerprint density at radius 3 is 2.48 bits per heavy atom. The Hall–Kier alpha value is -1.10. The predicted octanol–water partition coefficient (Wildman–Crippen LogP) is 4.37. The monoisotopic (exact) mass is 311 g/mol. The quantitative estimate of drug-likeness (QED) is 0.596. The van der Waals surface area contributed by atoms with Crippen LogP contribution in [0.25, 0.3) is 0 Å². The highest BCUT2D eigenvalue weighted by Gasteiger charge is 2.15. The van der Waals surface area contributed by atoms with E-state index in [0.29, 0.717) is 10.0 Å². The molecule has 0 saturated carbocycles. The summed E-state index contributed by atoms with van der Waals surface area (Å²) in [7, 11) is 0. The second-order valence-electron chi connectivity index (χ2n) is 5.58. The number of aromatic nitrogens is 1. The van der Waals surface area contributed by atoms with Crippen LogP contribution in [0.15, 0.2) is 6.20 Å². The first kappa shape index (κ1) is 18.0. The second kappa shape index (κ2) is 10.6. The first-order chi connectivity index (χ1) is 10.2. The zero-order valence-corrected chi connectivity index (χ0v) is 14.2. The van der Waals surface area contributed by atoms with Crippen molar-refractivity contribution in [2.75, 3.05) is 5.73 Å². The van der Waals surface area contributed by atoms with Crippen LogP contribution >= 0.6 is 11.3 Å². The average Bonchev–Trinajstić information content (AvgIpc) is 2.90. The molecule has 21 heavy (non-hydrogen) atoms. The zero-order chi connectivity index (χ0) is 15.5. The number of carbonyl (C=O) groups excluding carboxylic acids is 1. The fourth-order valence-corrected chi connectivity index (χ4v) is 2.97. The van der Waals surface area contributed by atoms with E-state index in [0.717, 1.165) is 25.7 Å². The van der Waals surface area contributed by atoms with Crippen molar-refractivity contribution in [3.05, 3.63) is 11.1 Å². The van der Waals surface area contributed by atoms with Gasteiger partial charge in [0.2, 0.25) is 0 Å². The lowest BCUT2D eigenvalue weighted by Crippen LogP contribution is -2.34. The van der Waals surface area contributed by atoms with Crippen LogP contribution in [0.4, 0.5) is 5.13 Å². The number of amides is 1. The summed E-state index contributed by atoms with van der Waals surface area (Å²) in [6.07, 6.45) is 12.4. The van der Waals surface area contributed by atoms with Gasteiger partial charge in [0.05, 0.1) is 6.20 Å². The molecular formula is C16H29N3OS. The maximum absolute atomic E-state index is 12.2. The standard InChI is InChI=1S/C16H29N3OS/c1-3-5-7-8-9-11-13(10-6-4-2)19-15(20)14-12-18-16(17)21-14/h12-13H,3-11H2,1-2H3,(H2,17,18)(H,19,20). The lowest BCUT2D eigenvalue weighted by Gasteiger charge is -2.18. The van der Waals surface area contributed by atoms with Gasteiger partial charge in [-0.05, 0) is 12.8 Å². The summed E-state index contributed by atoms with van der Waals surface area (Å²) < 4.78 is 0. The van der Waals surface area contributed by atoms with Crippen molar-refractivity contribution in [3.63, 3.8) is 0 Å². The minimum Gasteiger partial charge on any atom is -0.375 e. The van der Waals surface area contributed by atoms with Crippen LogP contribution in [0.3, 0.4) is 0 Å². The molecule has 4 nitrogen and oxygen atoms in total. The van der Waals surface area contributed by atoms with Crippen LogP contribution in [0, 0.1) is 0 Å². The fourth-order valence-electron chi connectivity index (χ4n) is 2.38. The number of unbranched alkanes of at least 4 members (excludes halogenated alkanes) is 5. The zero-order valence-electron chi connectivity index (χ0n) is 13.4. The topological polar surface area (TPSA) is 68.0 Å². The molecule has 1 rings (SSSR count). The summed E-state index contributed by atoms with van der Waals surface area (Å²) in [5.41, 5.74) is 5.58. The Morgan fingerprint density at radius 2 is 1.86 bits per heavy atom. The minimum atomic E-state index is -0.0288. The van der Waals surface area contributed by atoms with Gasteiger partial charge in [0, 0.05) is 6.04 Å². The van der Waals surface area contributed by atoms with E-state index < -0.39 is 0 Å². The van der Waals surface area contributed by atoms with E-state index in [1.807, 2.05) is 0 Å². The number of hydrogen-bond acceptors (Lipinski definition) is 4. The summed E-state index contributed by atoms with van der Waals surface area (Å²) in [5.74, 6) is -0.0288. The van der Waals surface area contributed by atoms with Crippen LogP contribution in [0.5, 0.6) is 0 Å². The number of nitrogens with zero attached hydrogens (tertiary/aromatic N) is 1. The summed E-state index contributed by atoms with van der Waals surface area (Å²) >= 11 is 1.25. The van der Waals surface area contributed by atoms with E-state index in [2.05, 4.69) is 24.1 Å². The molecular weight excluding hydrogens is 282 g/mol. The Labute approximate surface area is 132 Å². The summed E-state index contributed by atoms with van der Waals surface area (Å²) in [5, 5.41) is 3.60. The van der Waals surface area contributed by atoms with Gasteiger partial charge in [-0.25, -0.2) is 4.98 Å². The van der Waals surface area contributed by atoms with E-state index in [-0.39, 0.29) is 11.9 Å². The number of carbonyl (C=O) groups is 1. The third-order valence-electron chi connectivity index (χ3n) is 3.64. The van der Waals surface area contributed by atoms with Gasteiger partial charge >= 0.3 is 0 Å². The van der Waals surface area contributed by atoms with Gasteiger partial charge in [0.25, 0.3) is 5.91 Å². The number of hydrogen-bond donors (Lipinski definition) is 2. The maximum Gasteiger partial charge on any atom is 0.263 e. The Kier molecular flexibility index (Phi) is 9.06. The molecule has 0 saturated heterocycles. The highest BCUT2D eigenvalue weighted by atomic mass is 32.1. The van der Waals surface area contributed by atoms with Gasteiger partial charge in [0.1, 0.15) is 4.88 Å². The maximum atomic E-state index is 12.2. The Bertz CT molecular complexity index is 406. The molecule has 1 atom stereocenters. The fraction of sp³-hybridized carbons (Fsp3) is 0.750. The molecule has 3 N–H and O–H groups in total. The van der Waals surface area contributed by atoms with Crippen LogP contribution < -0.4 is 11.1 Å². The molecule has 0 radical (unpaired) electrons. The van der Waals surface area contributed by atoms with E-state index in [4.69, 9.17) is 5.73 Å². The van der Waals surface area contributed by atoms with Crippen molar-refractivity contribution in [2.45, 2.75) is 77.7 Å². The van der Waals surface area contributed by atoms with Gasteiger partial charge in [-0.2, -0.15) is 0 Å². The summed E-state index contributed by atoms with van der Waals surface area (Å²) in [6.45, 7) is 4.41. The van der Waals surface area contributed by atoms with Crippen LogP contribution in [-0.2, 0) is 0 Å². The van der Waals surface area contributed by atoms with E-state index in [1.54, 1.807) is 6.20 Å². The molecule has 5 heteroatoms. The average molecular weight is 311 g/mol. The van der Waals surface area contributed by atoms with Crippen LogP contribution in [0.1, 0.15) is 81.3 Å². The third kappa shape index (κ3) is 7.46. The van der Waals surface area contributed by atoms with Gasteiger partial charge in [-0.15, -0.1) is 0 Å². The molecule has 0 bridgehead atoms. The largest absolute Gasteiger partial charge is 0.375 e. The number of nitrogens with two attached hydrogens (primary N) is 1. The van der Waals surface area contributed by atoms with Crippen molar-refractivity contribution in [2.24, 2.45) is 0 Å². The molecule has 1 heterocycles. The summed E-state index contributed by atoms with van der Waals surface area (Å²) in [4.78, 5) is 16.7. The van der Waals surface area contributed by atoms with E-state index in [9.17, 15) is 4.79 Å². The Balaban J connectivity index is 2.39. The highest BCUT2D eigenvalue weighted by molar-refractivity contribution is 7.17. The van der Waals surface area contributed by atoms with Gasteiger partial charge in [-0.3, -0.25) is 4.79 Å². The Morgan fingerprint density at radius 1 is 1.19 bits per heavy atom. The first-order valence-corrected chi connectivity index (χ1v) is 9.01. The number of nitrogens with one attached hydrogen (secondary N) is 1. The molecule has 0 spiro atoms. The summed E-state index contributed by atoms with van der Waals surface area (Å²) in [6, 6.07) is 0.280. The van der Waals surface area contributed by atoms with Gasteiger partial charge < -0.3 is 11.1 Å². The van der Waals surface area contributed by atoms with Gasteiger partial charge in [-0.1, -0.05) is 70.1 Å². The van der Waals surface area contributed by atoms with Crippen molar-refractivity contribution in [1.29, 1.82) is 0 Å². The smallest absolute Gasteiger partial charge is 0.263 e. The lowest BCUT2D eigenvalue weighted by molar-refractivity contribution is 0.0935. The molecule has 0 aromatic carbocycles. The third-order valence-corrected chi connectivity index (χ3v) is 4.47. The first-order valence-electron chi connectivity index (χ1n) is 8.19. The number of thiazole rings is 1. The molecule has 1 aromatic heterocycles. The van der Waals surface area contributed by atoms with Crippen molar-refractivity contribution >= 4 is 22.4 Å². The molecule has 1 amide bonds. The minimum absolute atomic E-state index is 0.0288. The molecule has 0 aliphatic heterocycles. The predicted molar refractivity (Wildman–Crippen MR) is 90.7 cm³/mol. The number of nitrogen functional groups attached to an aromatic ring is 1. The number of rotatable bonds is 11. The SMILES string of the molecule is CCCCCCCC(CCCC)NC(=O)c1cnc(N)s1. The molecule has 120 valence electrons. The molecule has 0 aliphatic rings. The molecule has 0 fully saturated rings. The van der Waals surface area contributed by atoms with Crippen LogP contribution in [0.2, 0.25) is 0 Å². The van der Waals surface area contributed by atoms with Crippen LogP contribution in [-0.4, -0.2) is 16.9 Å². The van der Waals surface area contributed by atoms with E-state index >= 15 is 0 Å². The normalized spacial score (nSPS) is 12.3. The number of anilines is 1. The van der Waals surface area contributed by atoms with Gasteiger partial charge in [0.15, 0.2) is 5.13 Å². The molecule has 0 aliphatic carbocycles. The molecule has 1 unspecified atom stereocenters. The second-order valence-corrected chi connectivity index (χ2v) is 6.64. The molecule has 1 aromatic rings.